The number of carbonyl (C=O) groups is 1. The number of fused-ring (bicyclic) bond motifs is 1. The van der Waals surface area contributed by atoms with Crippen LogP contribution in [-0.4, -0.2) is 17.1 Å². The van der Waals surface area contributed by atoms with E-state index in [9.17, 15) is 4.79 Å². The smallest absolute Gasteiger partial charge is 0.267 e. The number of hydrogen-bond donors (Lipinski definition) is 1. The zero-order chi connectivity index (χ0) is 20.3. The van der Waals surface area contributed by atoms with Gasteiger partial charge in [-0.1, -0.05) is 30.3 Å². The lowest BCUT2D eigenvalue weighted by Gasteiger charge is -2.08. The molecule has 0 unspecified atom stereocenters. The lowest BCUT2D eigenvalue weighted by atomic mass is 10.1. The normalized spacial score (nSPS) is 11.3. The molecule has 146 valence electrons. The zero-order valence-corrected chi connectivity index (χ0v) is 18.1. The number of thiophene rings is 3. The van der Waals surface area contributed by atoms with Crippen molar-refractivity contribution >= 4 is 57.0 Å². The number of benzene rings is 1. The summed E-state index contributed by atoms with van der Waals surface area (Å²) in [4.78, 5) is 22.2. The van der Waals surface area contributed by atoms with Crippen LogP contribution in [0.5, 0.6) is 0 Å². The summed E-state index contributed by atoms with van der Waals surface area (Å²) in [5.74, 6) is -0.252. The van der Waals surface area contributed by atoms with Gasteiger partial charge in [-0.2, -0.15) is 5.10 Å². The number of hydrazone groups is 1. The van der Waals surface area contributed by atoms with Gasteiger partial charge in [0.25, 0.3) is 5.91 Å². The number of hydrogen-bond acceptors (Lipinski definition) is 6. The Morgan fingerprint density at radius 1 is 0.900 bits per heavy atom. The van der Waals surface area contributed by atoms with Gasteiger partial charge in [0.2, 0.25) is 0 Å². The van der Waals surface area contributed by atoms with Crippen molar-refractivity contribution in [2.45, 2.75) is 0 Å². The van der Waals surface area contributed by atoms with Gasteiger partial charge in [0.1, 0.15) is 0 Å². The Bertz CT molecular complexity index is 1340. The molecule has 0 saturated carbocycles. The highest BCUT2D eigenvalue weighted by molar-refractivity contribution is 7.23. The lowest BCUT2D eigenvalue weighted by Crippen LogP contribution is -2.18. The molecule has 0 spiro atoms. The van der Waals surface area contributed by atoms with Gasteiger partial charge in [-0.3, -0.25) is 4.79 Å². The van der Waals surface area contributed by atoms with E-state index in [2.05, 4.69) is 34.1 Å². The third-order valence-corrected chi connectivity index (χ3v) is 7.46. The number of pyridine rings is 1. The topological polar surface area (TPSA) is 54.4 Å². The van der Waals surface area contributed by atoms with Crippen LogP contribution in [-0.2, 0) is 0 Å². The first-order chi connectivity index (χ1) is 14.8. The first kappa shape index (κ1) is 18.9. The molecule has 0 aliphatic heterocycles. The molecule has 0 bridgehead atoms. The molecule has 0 aliphatic carbocycles. The number of para-hydroxylation sites is 1. The summed E-state index contributed by atoms with van der Waals surface area (Å²) in [5, 5.41) is 8.95. The predicted molar refractivity (Wildman–Crippen MR) is 128 cm³/mol. The molecule has 30 heavy (non-hydrogen) atoms. The van der Waals surface area contributed by atoms with Gasteiger partial charge in [-0.25, -0.2) is 10.4 Å². The second-order valence-corrected chi connectivity index (χ2v) is 9.44. The van der Waals surface area contributed by atoms with Crippen LogP contribution in [0.25, 0.3) is 31.2 Å². The third-order valence-electron chi connectivity index (χ3n) is 4.48. The van der Waals surface area contributed by atoms with Gasteiger partial charge in [0.05, 0.1) is 27.9 Å². The van der Waals surface area contributed by atoms with Crippen LogP contribution in [0.2, 0.25) is 0 Å². The summed E-state index contributed by atoms with van der Waals surface area (Å²) in [5.41, 5.74) is 4.78. The quantitative estimate of drug-likeness (QED) is 0.247. The number of carbonyl (C=O) groups excluding carboxylic acids is 1. The van der Waals surface area contributed by atoms with Crippen molar-refractivity contribution in [2.75, 3.05) is 0 Å². The molecule has 4 aromatic heterocycles. The number of nitrogens with zero attached hydrogens (tertiary/aromatic N) is 2. The van der Waals surface area contributed by atoms with E-state index in [1.54, 1.807) is 40.2 Å². The van der Waals surface area contributed by atoms with Crippen molar-refractivity contribution in [1.82, 2.24) is 10.4 Å². The number of nitrogens with one attached hydrogen (secondary N) is 1. The van der Waals surface area contributed by atoms with Gasteiger partial charge in [0.15, 0.2) is 0 Å². The van der Waals surface area contributed by atoms with E-state index in [0.717, 1.165) is 26.4 Å². The second-order valence-electron chi connectivity index (χ2n) is 6.43. The first-order valence-electron chi connectivity index (χ1n) is 9.19. The molecule has 4 nitrogen and oxygen atoms in total. The molecule has 1 N–H and O–H groups in total. The molecule has 1 amide bonds. The van der Waals surface area contributed by atoms with Crippen LogP contribution in [0.3, 0.4) is 0 Å². The Morgan fingerprint density at radius 2 is 1.73 bits per heavy atom. The van der Waals surface area contributed by atoms with Crippen molar-refractivity contribution in [1.29, 1.82) is 0 Å². The fraction of sp³-hybridized carbons (Fsp3) is 0. The maximum absolute atomic E-state index is 12.9. The number of rotatable bonds is 5. The highest BCUT2D eigenvalue weighted by Crippen LogP contribution is 2.36. The molecular weight excluding hydrogens is 430 g/mol. The van der Waals surface area contributed by atoms with Crippen LogP contribution in [0.4, 0.5) is 0 Å². The molecule has 1 aromatic carbocycles. The summed E-state index contributed by atoms with van der Waals surface area (Å²) in [6.07, 6.45) is 1.65. The maximum atomic E-state index is 12.9. The average molecular weight is 446 g/mol. The highest BCUT2D eigenvalue weighted by atomic mass is 32.1. The Kier molecular flexibility index (Phi) is 5.23. The van der Waals surface area contributed by atoms with Gasteiger partial charge < -0.3 is 0 Å². The molecular formula is C23H15N3OS3. The highest BCUT2D eigenvalue weighted by Gasteiger charge is 2.15. The summed E-state index contributed by atoms with van der Waals surface area (Å²) in [6, 6.07) is 21.8. The molecule has 0 fully saturated rings. The Morgan fingerprint density at radius 3 is 2.57 bits per heavy atom. The predicted octanol–water partition coefficient (Wildman–Crippen LogP) is 6.52. The first-order valence-corrected chi connectivity index (χ1v) is 11.8. The molecule has 5 aromatic rings. The minimum atomic E-state index is -0.252. The molecule has 5 rings (SSSR count). The van der Waals surface area contributed by atoms with Crippen molar-refractivity contribution in [3.63, 3.8) is 0 Å². The van der Waals surface area contributed by atoms with Crippen molar-refractivity contribution in [2.24, 2.45) is 5.10 Å². The van der Waals surface area contributed by atoms with Gasteiger partial charge in [-0.15, -0.1) is 34.0 Å². The number of aromatic nitrogens is 1. The zero-order valence-electron chi connectivity index (χ0n) is 15.6. The standard InChI is InChI=1S/C23H15N3OS3/c27-23(26-24-14-15-5-3-11-28-15)17-13-19(25-18-7-2-1-6-16(17)18)20-9-10-22(30-20)21-8-4-12-29-21/h1-14H,(H,26,27). The Hall–Kier alpha value is -3.13. The van der Waals surface area contributed by atoms with E-state index < -0.39 is 0 Å². The lowest BCUT2D eigenvalue weighted by molar-refractivity contribution is 0.0957. The van der Waals surface area contributed by atoms with Crippen LogP contribution in [0.1, 0.15) is 15.2 Å². The van der Waals surface area contributed by atoms with Crippen molar-refractivity contribution in [3.8, 4) is 20.3 Å². The maximum Gasteiger partial charge on any atom is 0.272 e. The van der Waals surface area contributed by atoms with E-state index in [0.29, 0.717) is 5.56 Å². The van der Waals surface area contributed by atoms with E-state index in [4.69, 9.17) is 4.98 Å². The van der Waals surface area contributed by atoms with Crippen molar-refractivity contribution in [3.05, 3.63) is 87.9 Å². The Balaban J connectivity index is 1.51. The molecule has 4 heterocycles. The van der Waals surface area contributed by atoms with Crippen LogP contribution in [0, 0.1) is 0 Å². The van der Waals surface area contributed by atoms with E-state index >= 15 is 0 Å². The third kappa shape index (κ3) is 3.82. The van der Waals surface area contributed by atoms with E-state index in [-0.39, 0.29) is 5.91 Å². The SMILES string of the molecule is O=C(NN=Cc1cccs1)c1cc(-c2ccc(-c3cccs3)s2)nc2ccccc12. The minimum absolute atomic E-state index is 0.252. The minimum Gasteiger partial charge on any atom is -0.267 e. The van der Waals surface area contributed by atoms with Crippen LogP contribution >= 0.6 is 34.0 Å². The monoisotopic (exact) mass is 445 g/mol. The average Bonchev–Trinajstić information content (AvgIpc) is 3.55. The molecule has 0 aliphatic rings. The molecule has 0 atom stereocenters. The summed E-state index contributed by atoms with van der Waals surface area (Å²) in [6.45, 7) is 0. The van der Waals surface area contributed by atoms with Crippen molar-refractivity contribution < 1.29 is 4.79 Å². The number of amides is 1. The molecule has 0 saturated heterocycles. The van der Waals surface area contributed by atoms with Gasteiger partial charge in [0, 0.05) is 20.0 Å². The fourth-order valence-corrected chi connectivity index (χ4v) is 5.48. The second kappa shape index (κ2) is 8.31. The fourth-order valence-electron chi connectivity index (χ4n) is 3.10. The summed E-state index contributed by atoms with van der Waals surface area (Å²) < 4.78 is 0. The Labute approximate surface area is 185 Å². The largest absolute Gasteiger partial charge is 0.272 e. The molecule has 0 radical (unpaired) electrons. The van der Waals surface area contributed by atoms with Gasteiger partial charge >= 0.3 is 0 Å². The summed E-state index contributed by atoms with van der Waals surface area (Å²) >= 11 is 4.96. The molecule has 7 heteroatoms. The van der Waals surface area contributed by atoms with Crippen LogP contribution in [0.15, 0.2) is 82.6 Å². The summed E-state index contributed by atoms with van der Waals surface area (Å²) in [7, 11) is 0. The van der Waals surface area contributed by atoms with E-state index in [1.807, 2.05) is 53.9 Å². The van der Waals surface area contributed by atoms with E-state index in [1.165, 1.54) is 9.75 Å². The van der Waals surface area contributed by atoms with Crippen LogP contribution < -0.4 is 5.43 Å². The van der Waals surface area contributed by atoms with Gasteiger partial charge in [-0.05, 0) is 47.2 Å².